The number of benzene rings is 1. The molecule has 6 heteroatoms. The van der Waals surface area contributed by atoms with Gasteiger partial charge in [0.2, 0.25) is 0 Å². The molecule has 110 valence electrons. The molecule has 0 aliphatic rings. The van der Waals surface area contributed by atoms with E-state index in [0.29, 0.717) is 33.1 Å². The first-order valence-corrected chi connectivity index (χ1v) is 7.30. The summed E-state index contributed by atoms with van der Waals surface area (Å²) in [5.74, 6) is -0.867. The third kappa shape index (κ3) is 3.21. The second-order valence-electron chi connectivity index (χ2n) is 4.16. The SMILES string of the molecule is CCOC(=O)c1ccc2ncc(C(=O)OCC)c(Br)c2c1. The van der Waals surface area contributed by atoms with Crippen LogP contribution in [-0.2, 0) is 9.47 Å². The molecule has 1 aromatic carbocycles. The van der Waals surface area contributed by atoms with Gasteiger partial charge < -0.3 is 9.47 Å². The summed E-state index contributed by atoms with van der Waals surface area (Å²) in [6, 6.07) is 5.00. The summed E-state index contributed by atoms with van der Waals surface area (Å²) < 4.78 is 10.5. The van der Waals surface area contributed by atoms with Crippen LogP contribution in [0.1, 0.15) is 34.6 Å². The second kappa shape index (κ2) is 6.67. The Morgan fingerprint density at radius 3 is 2.48 bits per heavy atom. The van der Waals surface area contributed by atoms with Gasteiger partial charge in [0.05, 0.1) is 29.9 Å². The highest BCUT2D eigenvalue weighted by atomic mass is 79.9. The van der Waals surface area contributed by atoms with E-state index in [9.17, 15) is 9.59 Å². The molecule has 0 radical (unpaired) electrons. The summed E-state index contributed by atoms with van der Waals surface area (Å²) in [6.45, 7) is 4.07. The van der Waals surface area contributed by atoms with Crippen LogP contribution in [0.5, 0.6) is 0 Å². The van der Waals surface area contributed by atoms with Crippen LogP contribution < -0.4 is 0 Å². The van der Waals surface area contributed by atoms with Gasteiger partial charge in [-0.3, -0.25) is 4.98 Å². The number of esters is 2. The lowest BCUT2D eigenvalue weighted by Crippen LogP contribution is -2.07. The van der Waals surface area contributed by atoms with Crippen molar-refractivity contribution in [1.82, 2.24) is 4.98 Å². The summed E-state index contributed by atoms with van der Waals surface area (Å²) in [5, 5.41) is 0.658. The van der Waals surface area contributed by atoms with Gasteiger partial charge in [0.1, 0.15) is 0 Å². The third-order valence-corrected chi connectivity index (χ3v) is 3.66. The number of aromatic nitrogens is 1. The zero-order valence-corrected chi connectivity index (χ0v) is 13.3. The van der Waals surface area contributed by atoms with Gasteiger partial charge in [0, 0.05) is 16.1 Å². The number of rotatable bonds is 4. The van der Waals surface area contributed by atoms with Crippen molar-refractivity contribution in [2.75, 3.05) is 13.2 Å². The lowest BCUT2D eigenvalue weighted by atomic mass is 10.1. The van der Waals surface area contributed by atoms with Gasteiger partial charge >= 0.3 is 11.9 Å². The molecule has 2 rings (SSSR count). The topological polar surface area (TPSA) is 65.5 Å². The number of pyridine rings is 1. The monoisotopic (exact) mass is 351 g/mol. The van der Waals surface area contributed by atoms with E-state index in [1.807, 2.05) is 0 Å². The Labute approximate surface area is 130 Å². The molecule has 5 nitrogen and oxygen atoms in total. The van der Waals surface area contributed by atoms with Crippen LogP contribution in [0.2, 0.25) is 0 Å². The van der Waals surface area contributed by atoms with Crippen molar-refractivity contribution in [3.05, 3.63) is 40.0 Å². The maximum atomic E-state index is 11.8. The number of fused-ring (bicyclic) bond motifs is 1. The van der Waals surface area contributed by atoms with Crippen molar-refractivity contribution in [3.8, 4) is 0 Å². The molecule has 0 saturated carbocycles. The molecule has 0 bridgehead atoms. The fourth-order valence-electron chi connectivity index (χ4n) is 1.85. The highest BCUT2D eigenvalue weighted by Crippen LogP contribution is 2.27. The minimum absolute atomic E-state index is 0.284. The Balaban J connectivity index is 2.51. The Kier molecular flexibility index (Phi) is 4.90. The van der Waals surface area contributed by atoms with Crippen LogP contribution in [-0.4, -0.2) is 30.1 Å². The standard InChI is InChI=1S/C15H14BrNO4/c1-3-20-14(18)9-5-6-12-10(7-9)13(16)11(8-17-12)15(19)21-4-2/h5-8H,3-4H2,1-2H3. The van der Waals surface area contributed by atoms with Crippen LogP contribution in [0, 0.1) is 0 Å². The summed E-state index contributed by atoms with van der Waals surface area (Å²) in [6.07, 6.45) is 1.45. The number of halogens is 1. The second-order valence-corrected chi connectivity index (χ2v) is 4.95. The molecule has 1 heterocycles. The van der Waals surface area contributed by atoms with Crippen LogP contribution >= 0.6 is 15.9 Å². The zero-order chi connectivity index (χ0) is 15.4. The van der Waals surface area contributed by atoms with Crippen molar-refractivity contribution in [2.45, 2.75) is 13.8 Å². The zero-order valence-electron chi connectivity index (χ0n) is 11.7. The quantitative estimate of drug-likeness (QED) is 0.790. The van der Waals surface area contributed by atoms with E-state index in [4.69, 9.17) is 9.47 Å². The molecule has 0 aliphatic heterocycles. The third-order valence-electron chi connectivity index (χ3n) is 2.81. The average Bonchev–Trinajstić information content (AvgIpc) is 2.48. The Morgan fingerprint density at radius 1 is 1.14 bits per heavy atom. The largest absolute Gasteiger partial charge is 0.462 e. The molecule has 2 aromatic rings. The summed E-state index contributed by atoms with van der Waals surface area (Å²) in [4.78, 5) is 27.8. The fourth-order valence-corrected chi connectivity index (χ4v) is 2.43. The summed E-state index contributed by atoms with van der Waals surface area (Å²) in [5.41, 5.74) is 1.40. The van der Waals surface area contributed by atoms with Gasteiger partial charge in [0.25, 0.3) is 0 Å². The van der Waals surface area contributed by atoms with E-state index in [1.165, 1.54) is 6.20 Å². The van der Waals surface area contributed by atoms with Gasteiger partial charge in [-0.2, -0.15) is 0 Å². The van der Waals surface area contributed by atoms with Crippen molar-refractivity contribution in [2.24, 2.45) is 0 Å². The first-order valence-electron chi connectivity index (χ1n) is 6.51. The van der Waals surface area contributed by atoms with Crippen molar-refractivity contribution >= 4 is 38.8 Å². The Hall–Kier alpha value is -1.95. The minimum Gasteiger partial charge on any atom is -0.462 e. The van der Waals surface area contributed by atoms with Crippen molar-refractivity contribution in [3.63, 3.8) is 0 Å². The maximum absolute atomic E-state index is 11.8. The molecule has 0 unspecified atom stereocenters. The number of carbonyl (C=O) groups is 2. The highest BCUT2D eigenvalue weighted by Gasteiger charge is 2.16. The molecule has 0 aliphatic carbocycles. The Bertz CT molecular complexity index is 694. The molecule has 0 amide bonds. The van der Waals surface area contributed by atoms with E-state index in [0.717, 1.165) is 0 Å². The number of hydrogen-bond acceptors (Lipinski definition) is 5. The normalized spacial score (nSPS) is 10.4. The minimum atomic E-state index is -0.458. The Morgan fingerprint density at radius 2 is 1.81 bits per heavy atom. The van der Waals surface area contributed by atoms with Crippen molar-refractivity contribution < 1.29 is 19.1 Å². The molecule has 0 N–H and O–H groups in total. The predicted molar refractivity (Wildman–Crippen MR) is 81.4 cm³/mol. The lowest BCUT2D eigenvalue weighted by Gasteiger charge is -2.08. The molecule has 0 saturated heterocycles. The van der Waals surface area contributed by atoms with Crippen LogP contribution in [0.4, 0.5) is 0 Å². The smallest absolute Gasteiger partial charge is 0.340 e. The fraction of sp³-hybridized carbons (Fsp3) is 0.267. The molecule has 1 aromatic heterocycles. The number of ether oxygens (including phenoxy) is 2. The van der Waals surface area contributed by atoms with E-state index >= 15 is 0 Å². The molecular weight excluding hydrogens is 338 g/mol. The number of carbonyl (C=O) groups excluding carboxylic acids is 2. The van der Waals surface area contributed by atoms with E-state index in [-0.39, 0.29) is 6.61 Å². The van der Waals surface area contributed by atoms with Gasteiger partial charge in [-0.05, 0) is 48.0 Å². The van der Waals surface area contributed by atoms with E-state index in [1.54, 1.807) is 32.0 Å². The molecule has 0 fully saturated rings. The van der Waals surface area contributed by atoms with E-state index in [2.05, 4.69) is 20.9 Å². The van der Waals surface area contributed by atoms with Gasteiger partial charge in [-0.15, -0.1) is 0 Å². The van der Waals surface area contributed by atoms with E-state index < -0.39 is 11.9 Å². The number of hydrogen-bond donors (Lipinski definition) is 0. The van der Waals surface area contributed by atoms with Crippen LogP contribution in [0.15, 0.2) is 28.9 Å². The average molecular weight is 352 g/mol. The van der Waals surface area contributed by atoms with Crippen LogP contribution in [0.25, 0.3) is 10.9 Å². The summed E-state index contributed by atoms with van der Waals surface area (Å²) in [7, 11) is 0. The first kappa shape index (κ1) is 15.4. The molecule has 21 heavy (non-hydrogen) atoms. The first-order chi connectivity index (χ1) is 10.1. The van der Waals surface area contributed by atoms with Crippen LogP contribution in [0.3, 0.4) is 0 Å². The predicted octanol–water partition coefficient (Wildman–Crippen LogP) is 3.35. The highest BCUT2D eigenvalue weighted by molar-refractivity contribution is 9.10. The molecule has 0 atom stereocenters. The van der Waals surface area contributed by atoms with Gasteiger partial charge in [-0.25, -0.2) is 9.59 Å². The molecule has 0 spiro atoms. The molecular formula is C15H14BrNO4. The van der Waals surface area contributed by atoms with Gasteiger partial charge in [0.15, 0.2) is 0 Å². The maximum Gasteiger partial charge on any atom is 0.340 e. The number of nitrogens with zero attached hydrogens (tertiary/aromatic N) is 1. The lowest BCUT2D eigenvalue weighted by molar-refractivity contribution is 0.0517. The van der Waals surface area contributed by atoms with Gasteiger partial charge in [-0.1, -0.05) is 0 Å². The van der Waals surface area contributed by atoms with Crippen molar-refractivity contribution in [1.29, 1.82) is 0 Å². The summed E-state index contributed by atoms with van der Waals surface area (Å²) >= 11 is 3.38.